The maximum absolute atomic E-state index is 10.8. The van der Waals surface area contributed by atoms with E-state index in [1.54, 1.807) is 7.11 Å². The van der Waals surface area contributed by atoms with Crippen LogP contribution in [0.1, 0.15) is 29.8 Å². The quantitative estimate of drug-likeness (QED) is 0.764. The first kappa shape index (κ1) is 15.6. The zero-order chi connectivity index (χ0) is 16.4. The van der Waals surface area contributed by atoms with Crippen molar-refractivity contribution < 1.29 is 9.84 Å². The zero-order valence-corrected chi connectivity index (χ0v) is 13.9. The fourth-order valence-corrected chi connectivity index (χ4v) is 3.37. The molecule has 0 saturated carbocycles. The number of para-hydroxylation sites is 1. The van der Waals surface area contributed by atoms with Gasteiger partial charge in [0.25, 0.3) is 0 Å². The lowest BCUT2D eigenvalue weighted by molar-refractivity contribution is 0.179. The van der Waals surface area contributed by atoms with Gasteiger partial charge in [0.2, 0.25) is 0 Å². The summed E-state index contributed by atoms with van der Waals surface area (Å²) in [5.74, 6) is 0.835. The molecule has 1 heterocycles. The Hall–Kier alpha value is -2.26. The molecule has 0 aliphatic heterocycles. The number of aliphatic hydroxyl groups excluding tert-OH is 1. The van der Waals surface area contributed by atoms with Crippen molar-refractivity contribution in [3.8, 4) is 5.75 Å². The molecule has 3 rings (SSSR count). The van der Waals surface area contributed by atoms with Crippen molar-refractivity contribution in [3.63, 3.8) is 0 Å². The summed E-state index contributed by atoms with van der Waals surface area (Å²) < 4.78 is 7.45. The lowest BCUT2D eigenvalue weighted by Crippen LogP contribution is -2.05. The van der Waals surface area contributed by atoms with Gasteiger partial charge in [-0.1, -0.05) is 30.3 Å². The summed E-state index contributed by atoms with van der Waals surface area (Å²) in [6.45, 7) is 5.14. The molecule has 3 heteroatoms. The summed E-state index contributed by atoms with van der Waals surface area (Å²) in [4.78, 5) is 0. The van der Waals surface area contributed by atoms with Gasteiger partial charge in [-0.25, -0.2) is 0 Å². The second-order valence-corrected chi connectivity index (χ2v) is 5.83. The maximum Gasteiger partial charge on any atom is 0.118 e. The number of aliphatic hydroxyl groups is 1. The van der Waals surface area contributed by atoms with E-state index in [1.807, 2.05) is 36.4 Å². The first-order chi connectivity index (χ1) is 11.2. The number of aromatic nitrogens is 1. The molecule has 3 nitrogen and oxygen atoms in total. The molecular weight excluding hydrogens is 286 g/mol. The zero-order valence-electron chi connectivity index (χ0n) is 13.9. The van der Waals surface area contributed by atoms with Gasteiger partial charge in [0.1, 0.15) is 5.75 Å². The number of benzene rings is 2. The smallest absolute Gasteiger partial charge is 0.118 e. The van der Waals surface area contributed by atoms with Gasteiger partial charge in [0, 0.05) is 35.1 Å². The Morgan fingerprint density at radius 3 is 2.43 bits per heavy atom. The molecule has 0 amide bonds. The number of hydrogen-bond acceptors (Lipinski definition) is 2. The summed E-state index contributed by atoms with van der Waals surface area (Å²) >= 11 is 0. The van der Waals surface area contributed by atoms with E-state index in [1.165, 1.54) is 5.52 Å². The molecule has 1 atom stereocenters. The summed E-state index contributed by atoms with van der Waals surface area (Å²) in [5.41, 5.74) is 4.48. The van der Waals surface area contributed by atoms with Crippen LogP contribution in [0.25, 0.3) is 10.9 Å². The third kappa shape index (κ3) is 2.84. The minimum Gasteiger partial charge on any atom is -0.497 e. The van der Waals surface area contributed by atoms with Crippen molar-refractivity contribution in [2.75, 3.05) is 7.11 Å². The van der Waals surface area contributed by atoms with Gasteiger partial charge in [-0.15, -0.1) is 0 Å². The molecular formula is C20H23NO2. The standard InChI is InChI=1S/C20H23NO2/c1-4-21-14(2)20(17-7-5-6-8-18(17)21)19(22)13-15-9-11-16(23-3)12-10-15/h5-12,19,22H,4,13H2,1-3H3. The normalized spacial score (nSPS) is 12.5. The molecule has 1 aromatic heterocycles. The van der Waals surface area contributed by atoms with Crippen LogP contribution in [-0.4, -0.2) is 16.8 Å². The molecule has 120 valence electrons. The minimum atomic E-state index is -0.513. The third-order valence-corrected chi connectivity index (χ3v) is 4.52. The van der Waals surface area contributed by atoms with Crippen LogP contribution in [0.3, 0.4) is 0 Å². The molecule has 0 fully saturated rings. The largest absolute Gasteiger partial charge is 0.497 e. The summed E-state index contributed by atoms with van der Waals surface area (Å²) in [6, 6.07) is 16.2. The van der Waals surface area contributed by atoms with Crippen LogP contribution in [0.15, 0.2) is 48.5 Å². The predicted molar refractivity (Wildman–Crippen MR) is 94.0 cm³/mol. The summed E-state index contributed by atoms with van der Waals surface area (Å²) in [5, 5.41) is 12.0. The molecule has 0 bridgehead atoms. The number of nitrogens with zero attached hydrogens (tertiary/aromatic N) is 1. The van der Waals surface area contributed by atoms with Crippen molar-refractivity contribution >= 4 is 10.9 Å². The first-order valence-electron chi connectivity index (χ1n) is 8.04. The SMILES string of the molecule is CCn1c(C)c(C(O)Cc2ccc(OC)cc2)c2ccccc21. The molecule has 0 aliphatic carbocycles. The van der Waals surface area contributed by atoms with Gasteiger partial charge in [-0.3, -0.25) is 0 Å². The highest BCUT2D eigenvalue weighted by molar-refractivity contribution is 5.86. The molecule has 0 radical (unpaired) electrons. The summed E-state index contributed by atoms with van der Waals surface area (Å²) in [6.07, 6.45) is 0.0869. The highest BCUT2D eigenvalue weighted by Crippen LogP contribution is 2.32. The number of rotatable bonds is 5. The van der Waals surface area contributed by atoms with Gasteiger partial charge in [-0.05, 0) is 37.6 Å². The minimum absolute atomic E-state index is 0.513. The van der Waals surface area contributed by atoms with Gasteiger partial charge in [0.15, 0.2) is 0 Å². The van der Waals surface area contributed by atoms with Gasteiger partial charge >= 0.3 is 0 Å². The van der Waals surface area contributed by atoms with Crippen LogP contribution in [-0.2, 0) is 13.0 Å². The van der Waals surface area contributed by atoms with Crippen molar-refractivity contribution in [1.82, 2.24) is 4.57 Å². The van der Waals surface area contributed by atoms with Crippen molar-refractivity contribution in [3.05, 3.63) is 65.4 Å². The topological polar surface area (TPSA) is 34.4 Å². The lowest BCUT2D eigenvalue weighted by Gasteiger charge is -2.13. The van der Waals surface area contributed by atoms with E-state index in [-0.39, 0.29) is 0 Å². The average molecular weight is 309 g/mol. The Kier molecular flexibility index (Phi) is 4.39. The number of aryl methyl sites for hydroxylation is 1. The van der Waals surface area contributed by atoms with Crippen molar-refractivity contribution in [1.29, 1.82) is 0 Å². The Labute approximate surface area is 137 Å². The molecule has 0 spiro atoms. The van der Waals surface area contributed by atoms with E-state index in [0.29, 0.717) is 6.42 Å². The second-order valence-electron chi connectivity index (χ2n) is 5.83. The van der Waals surface area contributed by atoms with Crippen LogP contribution in [0.2, 0.25) is 0 Å². The molecule has 23 heavy (non-hydrogen) atoms. The van der Waals surface area contributed by atoms with Crippen LogP contribution < -0.4 is 4.74 Å². The fourth-order valence-electron chi connectivity index (χ4n) is 3.37. The molecule has 0 saturated heterocycles. The Balaban J connectivity index is 1.97. The molecule has 1 N–H and O–H groups in total. The van der Waals surface area contributed by atoms with Crippen molar-refractivity contribution in [2.24, 2.45) is 0 Å². The van der Waals surface area contributed by atoms with Crippen LogP contribution >= 0.6 is 0 Å². The van der Waals surface area contributed by atoms with Gasteiger partial charge in [0.05, 0.1) is 13.2 Å². The predicted octanol–water partition coefficient (Wildman–Crippen LogP) is 4.25. The first-order valence-corrected chi connectivity index (χ1v) is 8.04. The number of hydrogen-bond donors (Lipinski definition) is 1. The van der Waals surface area contributed by atoms with Crippen molar-refractivity contribution in [2.45, 2.75) is 32.9 Å². The average Bonchev–Trinajstić information content (AvgIpc) is 2.86. The van der Waals surface area contributed by atoms with E-state index >= 15 is 0 Å². The van der Waals surface area contributed by atoms with Crippen LogP contribution in [0.4, 0.5) is 0 Å². The molecule has 2 aromatic carbocycles. The molecule has 0 aliphatic rings. The van der Waals surface area contributed by atoms with E-state index in [0.717, 1.165) is 34.5 Å². The van der Waals surface area contributed by atoms with Crippen LogP contribution in [0, 0.1) is 6.92 Å². The molecule has 3 aromatic rings. The number of ether oxygens (including phenoxy) is 1. The van der Waals surface area contributed by atoms with Gasteiger partial charge < -0.3 is 14.4 Å². The number of methoxy groups -OCH3 is 1. The Morgan fingerprint density at radius 1 is 1.09 bits per heavy atom. The monoisotopic (exact) mass is 309 g/mol. The fraction of sp³-hybridized carbons (Fsp3) is 0.300. The maximum atomic E-state index is 10.8. The highest BCUT2D eigenvalue weighted by Gasteiger charge is 2.19. The van der Waals surface area contributed by atoms with Gasteiger partial charge in [-0.2, -0.15) is 0 Å². The third-order valence-electron chi connectivity index (χ3n) is 4.52. The lowest BCUT2D eigenvalue weighted by atomic mass is 9.99. The van der Waals surface area contributed by atoms with E-state index in [9.17, 15) is 5.11 Å². The Bertz CT molecular complexity index is 802. The molecule has 1 unspecified atom stereocenters. The van der Waals surface area contributed by atoms with E-state index < -0.39 is 6.10 Å². The Morgan fingerprint density at radius 2 is 1.78 bits per heavy atom. The highest BCUT2D eigenvalue weighted by atomic mass is 16.5. The van der Waals surface area contributed by atoms with E-state index in [4.69, 9.17) is 4.74 Å². The van der Waals surface area contributed by atoms with Crippen LogP contribution in [0.5, 0.6) is 5.75 Å². The van der Waals surface area contributed by atoms with E-state index in [2.05, 4.69) is 30.5 Å². The summed E-state index contributed by atoms with van der Waals surface area (Å²) in [7, 11) is 1.66. The number of fused-ring (bicyclic) bond motifs is 1. The second kappa shape index (κ2) is 6.47.